The molecule has 2 aromatic heterocycles. The van der Waals surface area contributed by atoms with Crippen LogP contribution in [0.3, 0.4) is 0 Å². The molecule has 5 heteroatoms. The minimum absolute atomic E-state index is 0.261. The smallest absolute Gasteiger partial charge is 0.166 e. The van der Waals surface area contributed by atoms with Crippen LogP contribution in [0.2, 0.25) is 0 Å². The van der Waals surface area contributed by atoms with Crippen LogP contribution in [0.4, 0.5) is 4.39 Å². The Hall–Kier alpha value is -2.92. The van der Waals surface area contributed by atoms with Gasteiger partial charge >= 0.3 is 0 Å². The summed E-state index contributed by atoms with van der Waals surface area (Å²) < 4.78 is 13.4. The molecular formula is C22H17FN3S. The zero-order chi connectivity index (χ0) is 18.6. The maximum Gasteiger partial charge on any atom is 0.166 e. The molecule has 133 valence electrons. The average Bonchev–Trinajstić information content (AvgIpc) is 3.14. The number of hydrogen-bond acceptors (Lipinski definition) is 3. The topological polar surface area (TPSA) is 41.6 Å². The van der Waals surface area contributed by atoms with Gasteiger partial charge in [0.1, 0.15) is 5.82 Å². The molecule has 1 N–H and O–H groups in total. The monoisotopic (exact) mass is 374 g/mol. The van der Waals surface area contributed by atoms with Crippen LogP contribution < -0.4 is 0 Å². The lowest BCUT2D eigenvalue weighted by Gasteiger charge is -2.09. The van der Waals surface area contributed by atoms with Gasteiger partial charge < -0.3 is 4.98 Å². The zero-order valence-corrected chi connectivity index (χ0v) is 15.6. The van der Waals surface area contributed by atoms with Gasteiger partial charge in [0.25, 0.3) is 0 Å². The van der Waals surface area contributed by atoms with Crippen LogP contribution in [0.25, 0.3) is 22.5 Å². The van der Waals surface area contributed by atoms with E-state index in [0.717, 1.165) is 39.7 Å². The second-order valence-corrected chi connectivity index (χ2v) is 6.88. The van der Waals surface area contributed by atoms with Gasteiger partial charge in [-0.15, -0.1) is 0 Å². The minimum Gasteiger partial charge on any atom is -0.332 e. The Labute approximate surface area is 161 Å². The lowest BCUT2D eigenvalue weighted by molar-refractivity contribution is 0.628. The van der Waals surface area contributed by atoms with E-state index in [1.807, 2.05) is 30.5 Å². The number of aromatic nitrogens is 3. The summed E-state index contributed by atoms with van der Waals surface area (Å²) in [4.78, 5) is 12.3. The molecule has 0 saturated carbocycles. The average molecular weight is 374 g/mol. The van der Waals surface area contributed by atoms with Gasteiger partial charge in [0.15, 0.2) is 5.16 Å². The normalized spacial score (nSPS) is 10.9. The van der Waals surface area contributed by atoms with Crippen LogP contribution in [0.15, 0.2) is 72.0 Å². The van der Waals surface area contributed by atoms with Gasteiger partial charge in [-0.25, -0.2) is 9.37 Å². The highest BCUT2D eigenvalue weighted by Crippen LogP contribution is 2.34. The SMILES string of the molecule is CSc1nc(-c2ccc(F)cc2)c(-c2ccn[c]c2Cc2ccccc2)[nH]1. The molecule has 3 nitrogen and oxygen atoms in total. The first-order valence-corrected chi connectivity index (χ1v) is 9.77. The highest BCUT2D eigenvalue weighted by atomic mass is 32.2. The van der Waals surface area contributed by atoms with Crippen LogP contribution in [0.5, 0.6) is 0 Å². The molecular weight excluding hydrogens is 357 g/mol. The number of thioether (sulfide) groups is 1. The highest BCUT2D eigenvalue weighted by Gasteiger charge is 2.17. The lowest BCUT2D eigenvalue weighted by atomic mass is 9.97. The fraction of sp³-hybridized carbons (Fsp3) is 0.0909. The number of halogens is 1. The predicted octanol–water partition coefficient (Wildman–Crippen LogP) is 5.39. The van der Waals surface area contributed by atoms with Crippen molar-refractivity contribution in [1.82, 2.24) is 15.0 Å². The van der Waals surface area contributed by atoms with Gasteiger partial charge in [-0.3, -0.25) is 4.98 Å². The summed E-state index contributed by atoms with van der Waals surface area (Å²) in [6, 6.07) is 18.6. The van der Waals surface area contributed by atoms with Gasteiger partial charge in [0.2, 0.25) is 0 Å². The molecule has 2 aromatic carbocycles. The lowest BCUT2D eigenvalue weighted by Crippen LogP contribution is -1.95. The molecule has 0 aliphatic rings. The quantitative estimate of drug-likeness (QED) is 0.476. The van der Waals surface area contributed by atoms with Gasteiger partial charge in [-0.2, -0.15) is 0 Å². The van der Waals surface area contributed by atoms with Crippen molar-refractivity contribution in [2.75, 3.05) is 6.26 Å². The number of rotatable bonds is 5. The highest BCUT2D eigenvalue weighted by molar-refractivity contribution is 7.98. The molecule has 0 spiro atoms. The van der Waals surface area contributed by atoms with E-state index in [1.54, 1.807) is 18.3 Å². The molecule has 0 amide bonds. The van der Waals surface area contributed by atoms with E-state index in [9.17, 15) is 4.39 Å². The first-order chi connectivity index (χ1) is 13.2. The second kappa shape index (κ2) is 7.76. The Morgan fingerprint density at radius 2 is 1.81 bits per heavy atom. The summed E-state index contributed by atoms with van der Waals surface area (Å²) in [5.41, 5.74) is 5.74. The third-order valence-electron chi connectivity index (χ3n) is 4.33. The third-order valence-corrected chi connectivity index (χ3v) is 4.91. The maximum atomic E-state index is 13.4. The van der Waals surface area contributed by atoms with E-state index in [1.165, 1.54) is 29.5 Å². The summed E-state index contributed by atoms with van der Waals surface area (Å²) in [5.74, 6) is -0.261. The molecule has 0 aliphatic heterocycles. The molecule has 27 heavy (non-hydrogen) atoms. The van der Waals surface area contributed by atoms with E-state index in [4.69, 9.17) is 4.98 Å². The minimum atomic E-state index is -0.261. The van der Waals surface area contributed by atoms with Crippen LogP contribution >= 0.6 is 11.8 Å². The van der Waals surface area contributed by atoms with Gasteiger partial charge in [-0.1, -0.05) is 42.1 Å². The van der Waals surface area contributed by atoms with Crippen LogP contribution in [0.1, 0.15) is 11.1 Å². The van der Waals surface area contributed by atoms with Crippen molar-refractivity contribution >= 4 is 11.8 Å². The molecule has 1 radical (unpaired) electrons. The van der Waals surface area contributed by atoms with Crippen molar-refractivity contribution in [1.29, 1.82) is 0 Å². The fourth-order valence-corrected chi connectivity index (χ4v) is 3.40. The molecule has 0 bridgehead atoms. The van der Waals surface area contributed by atoms with Gasteiger partial charge in [0, 0.05) is 23.7 Å². The van der Waals surface area contributed by atoms with Crippen molar-refractivity contribution in [3.05, 3.63) is 90.0 Å². The number of aromatic amines is 1. The zero-order valence-electron chi connectivity index (χ0n) is 14.7. The standard InChI is InChI=1S/C22H17FN3S/c1-27-22-25-20(16-7-9-18(23)10-8-16)21(26-22)19-11-12-24-14-17(19)13-15-5-3-2-4-6-15/h2-12H,13H2,1H3,(H,25,26). The van der Waals surface area contributed by atoms with E-state index >= 15 is 0 Å². The predicted molar refractivity (Wildman–Crippen MR) is 107 cm³/mol. The Morgan fingerprint density at radius 3 is 2.56 bits per heavy atom. The first kappa shape index (κ1) is 17.5. The summed E-state index contributed by atoms with van der Waals surface area (Å²) >= 11 is 1.54. The van der Waals surface area contributed by atoms with Gasteiger partial charge in [-0.05, 0) is 47.7 Å². The number of benzene rings is 2. The Bertz CT molecular complexity index is 1040. The van der Waals surface area contributed by atoms with Crippen LogP contribution in [-0.2, 0) is 6.42 Å². The second-order valence-electron chi connectivity index (χ2n) is 6.09. The fourth-order valence-electron chi connectivity index (χ4n) is 3.02. The summed E-state index contributed by atoms with van der Waals surface area (Å²) in [6.45, 7) is 0. The van der Waals surface area contributed by atoms with Crippen molar-refractivity contribution in [2.24, 2.45) is 0 Å². The molecule has 4 rings (SSSR count). The molecule has 0 fully saturated rings. The molecule has 2 heterocycles. The molecule has 0 saturated heterocycles. The number of nitrogens with zero attached hydrogens (tertiary/aromatic N) is 2. The number of imidazole rings is 1. The maximum absolute atomic E-state index is 13.4. The molecule has 0 unspecified atom stereocenters. The first-order valence-electron chi connectivity index (χ1n) is 8.54. The van der Waals surface area contributed by atoms with Crippen LogP contribution in [0, 0.1) is 12.0 Å². The Morgan fingerprint density at radius 1 is 1.04 bits per heavy atom. The summed E-state index contributed by atoms with van der Waals surface area (Å²) in [7, 11) is 0. The van der Waals surface area contributed by atoms with Crippen molar-refractivity contribution in [3.8, 4) is 22.5 Å². The molecule has 0 aliphatic carbocycles. The van der Waals surface area contributed by atoms with Crippen molar-refractivity contribution in [2.45, 2.75) is 11.6 Å². The summed E-state index contributed by atoms with van der Waals surface area (Å²) in [6.07, 6.45) is 7.56. The molecule has 0 atom stereocenters. The van der Waals surface area contributed by atoms with E-state index in [0.29, 0.717) is 0 Å². The number of nitrogens with one attached hydrogen (secondary N) is 1. The van der Waals surface area contributed by atoms with Crippen molar-refractivity contribution in [3.63, 3.8) is 0 Å². The van der Waals surface area contributed by atoms with Gasteiger partial charge in [0.05, 0.1) is 17.6 Å². The Balaban J connectivity index is 1.82. The van der Waals surface area contributed by atoms with Crippen LogP contribution in [-0.4, -0.2) is 21.2 Å². The molecule has 4 aromatic rings. The van der Waals surface area contributed by atoms with E-state index < -0.39 is 0 Å². The Kier molecular flexibility index (Phi) is 5.03. The number of hydrogen-bond donors (Lipinski definition) is 1. The van der Waals surface area contributed by atoms with E-state index in [2.05, 4.69) is 28.3 Å². The van der Waals surface area contributed by atoms with E-state index in [-0.39, 0.29) is 5.82 Å². The largest absolute Gasteiger partial charge is 0.332 e. The summed E-state index contributed by atoms with van der Waals surface area (Å²) in [5, 5.41) is 0.812. The number of H-pyrrole nitrogens is 1. The number of pyridine rings is 1. The third kappa shape index (κ3) is 3.78. The van der Waals surface area contributed by atoms with Crippen molar-refractivity contribution < 1.29 is 4.39 Å².